The predicted molar refractivity (Wildman–Crippen MR) is 119 cm³/mol. The van der Waals surface area contributed by atoms with Gasteiger partial charge < -0.3 is 19.9 Å². The van der Waals surface area contributed by atoms with Crippen LogP contribution in [0.2, 0.25) is 0 Å². The highest BCUT2D eigenvalue weighted by Crippen LogP contribution is 2.28. The molecule has 1 fully saturated rings. The maximum atomic E-state index is 14.0. The number of piperazine rings is 1. The number of ether oxygens (including phenoxy) is 1. The maximum absolute atomic E-state index is 14.0. The summed E-state index contributed by atoms with van der Waals surface area (Å²) in [5, 5.41) is 3.04. The fourth-order valence-electron chi connectivity index (χ4n) is 3.76. The third-order valence-electron chi connectivity index (χ3n) is 5.31. The van der Waals surface area contributed by atoms with E-state index in [0.717, 1.165) is 48.7 Å². The molecular weight excluding hydrogens is 381 g/mol. The lowest BCUT2D eigenvalue weighted by atomic mass is 10.0. The van der Waals surface area contributed by atoms with Gasteiger partial charge in [-0.25, -0.2) is 4.39 Å². The number of carbonyl (C=O) groups is 1. The summed E-state index contributed by atoms with van der Waals surface area (Å²) in [4.78, 5) is 17.2. The highest BCUT2D eigenvalue weighted by Gasteiger charge is 2.21. The summed E-state index contributed by atoms with van der Waals surface area (Å²) in [6, 6.07) is 12.1. The lowest BCUT2D eigenvalue weighted by Crippen LogP contribution is -2.45. The number of amides is 1. The molecule has 0 aliphatic carbocycles. The van der Waals surface area contributed by atoms with Crippen molar-refractivity contribution in [3.05, 3.63) is 59.4 Å². The van der Waals surface area contributed by atoms with Gasteiger partial charge in [0.15, 0.2) is 0 Å². The molecule has 5 nitrogen and oxygen atoms in total. The molecule has 1 aliphatic rings. The molecule has 3 rings (SSSR count). The molecule has 2 aromatic rings. The molecule has 1 atom stereocenters. The molecule has 162 valence electrons. The van der Waals surface area contributed by atoms with Crippen LogP contribution in [0.1, 0.15) is 37.9 Å². The van der Waals surface area contributed by atoms with Crippen molar-refractivity contribution in [1.29, 1.82) is 0 Å². The molecule has 0 bridgehead atoms. The van der Waals surface area contributed by atoms with Gasteiger partial charge in [-0.1, -0.05) is 12.1 Å². The first kappa shape index (κ1) is 22.1. The van der Waals surface area contributed by atoms with E-state index in [2.05, 4.69) is 22.2 Å². The van der Waals surface area contributed by atoms with E-state index in [1.807, 2.05) is 51.1 Å². The van der Waals surface area contributed by atoms with Crippen molar-refractivity contribution in [2.45, 2.75) is 39.3 Å². The van der Waals surface area contributed by atoms with E-state index in [-0.39, 0.29) is 30.3 Å². The quantitative estimate of drug-likeness (QED) is 0.750. The molecule has 0 spiro atoms. The van der Waals surface area contributed by atoms with E-state index >= 15 is 0 Å². The number of likely N-dealkylation sites (N-methyl/N-ethyl adjacent to an activating group) is 1. The lowest BCUT2D eigenvalue weighted by Gasteiger charge is -2.36. The number of halogens is 1. The van der Waals surface area contributed by atoms with Crippen molar-refractivity contribution < 1.29 is 13.9 Å². The van der Waals surface area contributed by atoms with Gasteiger partial charge in [-0.2, -0.15) is 0 Å². The maximum Gasteiger partial charge on any atom is 0.224 e. The Bertz CT molecular complexity index is 863. The van der Waals surface area contributed by atoms with Crippen LogP contribution in [0.3, 0.4) is 0 Å². The molecule has 1 saturated heterocycles. The number of nitrogens with one attached hydrogen (secondary N) is 1. The molecule has 0 saturated carbocycles. The molecular formula is C24H32FN3O2. The summed E-state index contributed by atoms with van der Waals surface area (Å²) in [6.07, 6.45) is 0.328. The highest BCUT2D eigenvalue weighted by molar-refractivity contribution is 5.79. The van der Waals surface area contributed by atoms with Crippen molar-refractivity contribution >= 4 is 11.6 Å². The fourth-order valence-corrected chi connectivity index (χ4v) is 3.76. The van der Waals surface area contributed by atoms with Gasteiger partial charge in [0.1, 0.15) is 11.6 Å². The molecule has 6 heteroatoms. The van der Waals surface area contributed by atoms with Crippen LogP contribution < -0.4 is 15.0 Å². The smallest absolute Gasteiger partial charge is 0.224 e. The number of hydrogen-bond donors (Lipinski definition) is 1. The Hall–Kier alpha value is -2.60. The third kappa shape index (κ3) is 5.95. The largest absolute Gasteiger partial charge is 0.491 e. The van der Waals surface area contributed by atoms with Crippen molar-refractivity contribution in [2.75, 3.05) is 38.1 Å². The van der Waals surface area contributed by atoms with Gasteiger partial charge in [-0.3, -0.25) is 4.79 Å². The first-order valence-corrected chi connectivity index (χ1v) is 10.6. The second kappa shape index (κ2) is 9.94. The molecule has 0 aromatic heterocycles. The number of rotatable bonds is 7. The van der Waals surface area contributed by atoms with E-state index in [0.29, 0.717) is 0 Å². The molecule has 1 N–H and O–H groups in total. The first-order chi connectivity index (χ1) is 14.3. The van der Waals surface area contributed by atoms with E-state index < -0.39 is 0 Å². The summed E-state index contributed by atoms with van der Waals surface area (Å²) in [5.41, 5.74) is 2.69. The minimum atomic E-state index is -0.294. The van der Waals surface area contributed by atoms with Gasteiger partial charge in [0.25, 0.3) is 0 Å². The third-order valence-corrected chi connectivity index (χ3v) is 5.31. The van der Waals surface area contributed by atoms with Gasteiger partial charge in [0.2, 0.25) is 5.91 Å². The molecule has 1 heterocycles. The first-order valence-electron chi connectivity index (χ1n) is 10.6. The van der Waals surface area contributed by atoms with Crippen molar-refractivity contribution in [3.63, 3.8) is 0 Å². The van der Waals surface area contributed by atoms with Gasteiger partial charge in [-0.05, 0) is 63.7 Å². The molecule has 1 unspecified atom stereocenters. The number of anilines is 1. The van der Waals surface area contributed by atoms with Crippen LogP contribution in [0, 0.1) is 5.82 Å². The Balaban J connectivity index is 1.69. The van der Waals surface area contributed by atoms with Crippen LogP contribution >= 0.6 is 0 Å². The standard InChI is InChI=1S/C24H32FN3O2/c1-17(2)30-21-7-5-6-19(14-21)15-24(29)26-18(3)22-16-20(25)8-9-23(22)28-12-10-27(4)11-13-28/h5-9,14,16-18H,10-13,15H2,1-4H3,(H,26,29). The van der Waals surface area contributed by atoms with Crippen LogP contribution in [0.5, 0.6) is 5.75 Å². The Morgan fingerprint density at radius 2 is 1.83 bits per heavy atom. The summed E-state index contributed by atoms with van der Waals surface area (Å²) >= 11 is 0. The molecule has 0 radical (unpaired) electrons. The van der Waals surface area contributed by atoms with E-state index in [1.165, 1.54) is 12.1 Å². The van der Waals surface area contributed by atoms with Crippen molar-refractivity contribution in [3.8, 4) is 5.75 Å². The normalized spacial score (nSPS) is 15.9. The van der Waals surface area contributed by atoms with Gasteiger partial charge >= 0.3 is 0 Å². The van der Waals surface area contributed by atoms with E-state index in [1.54, 1.807) is 0 Å². The minimum absolute atomic E-state index is 0.0788. The van der Waals surface area contributed by atoms with Gasteiger partial charge in [0, 0.05) is 37.4 Å². The predicted octanol–water partition coefficient (Wildman–Crippen LogP) is 3.78. The van der Waals surface area contributed by atoms with E-state index in [4.69, 9.17) is 4.74 Å². The lowest BCUT2D eigenvalue weighted by molar-refractivity contribution is -0.121. The summed E-state index contributed by atoms with van der Waals surface area (Å²) in [7, 11) is 2.10. The Labute approximate surface area is 178 Å². The second-order valence-electron chi connectivity index (χ2n) is 8.27. The summed E-state index contributed by atoms with van der Waals surface area (Å²) in [5.74, 6) is 0.367. The molecule has 1 aliphatic heterocycles. The van der Waals surface area contributed by atoms with Crippen molar-refractivity contribution in [1.82, 2.24) is 10.2 Å². The fraction of sp³-hybridized carbons (Fsp3) is 0.458. The SMILES string of the molecule is CC(C)Oc1cccc(CC(=O)NC(C)c2cc(F)ccc2N2CCN(C)CC2)c1. The monoisotopic (exact) mass is 413 g/mol. The second-order valence-corrected chi connectivity index (χ2v) is 8.27. The average Bonchev–Trinajstić information content (AvgIpc) is 2.68. The Kier molecular flexibility index (Phi) is 7.32. The number of nitrogens with zero attached hydrogens (tertiary/aromatic N) is 2. The van der Waals surface area contributed by atoms with Gasteiger partial charge in [-0.15, -0.1) is 0 Å². The Morgan fingerprint density at radius 1 is 1.10 bits per heavy atom. The highest BCUT2D eigenvalue weighted by atomic mass is 19.1. The topological polar surface area (TPSA) is 44.8 Å². The zero-order chi connectivity index (χ0) is 21.7. The molecule has 30 heavy (non-hydrogen) atoms. The minimum Gasteiger partial charge on any atom is -0.491 e. The molecule has 2 aromatic carbocycles. The van der Waals surface area contributed by atoms with Crippen LogP contribution in [-0.4, -0.2) is 50.1 Å². The summed E-state index contributed by atoms with van der Waals surface area (Å²) in [6.45, 7) is 9.55. The zero-order valence-electron chi connectivity index (χ0n) is 18.3. The van der Waals surface area contributed by atoms with E-state index in [9.17, 15) is 9.18 Å². The van der Waals surface area contributed by atoms with Crippen LogP contribution in [0.4, 0.5) is 10.1 Å². The molecule has 1 amide bonds. The van der Waals surface area contributed by atoms with Crippen LogP contribution in [-0.2, 0) is 11.2 Å². The van der Waals surface area contributed by atoms with Crippen LogP contribution in [0.15, 0.2) is 42.5 Å². The average molecular weight is 414 g/mol. The Morgan fingerprint density at radius 3 is 2.53 bits per heavy atom. The number of benzene rings is 2. The van der Waals surface area contributed by atoms with Crippen molar-refractivity contribution in [2.24, 2.45) is 0 Å². The zero-order valence-corrected chi connectivity index (χ0v) is 18.3. The van der Waals surface area contributed by atoms with Gasteiger partial charge in [0.05, 0.1) is 18.6 Å². The van der Waals surface area contributed by atoms with Crippen LogP contribution in [0.25, 0.3) is 0 Å². The number of hydrogen-bond acceptors (Lipinski definition) is 4. The number of carbonyl (C=O) groups excluding carboxylic acids is 1. The summed E-state index contributed by atoms with van der Waals surface area (Å²) < 4.78 is 19.7.